The van der Waals surface area contributed by atoms with Crippen molar-refractivity contribution in [2.24, 2.45) is 0 Å². The van der Waals surface area contributed by atoms with Crippen LogP contribution in [0.4, 0.5) is 11.6 Å². The van der Waals surface area contributed by atoms with Gasteiger partial charge >= 0.3 is 0 Å². The van der Waals surface area contributed by atoms with E-state index in [2.05, 4.69) is 20.7 Å². The van der Waals surface area contributed by atoms with Crippen LogP contribution in [0.2, 0.25) is 0 Å². The predicted octanol–water partition coefficient (Wildman–Crippen LogP) is 1.24. The van der Waals surface area contributed by atoms with Crippen LogP contribution in [0.5, 0.6) is 0 Å². The molecule has 0 spiro atoms. The number of nitrogens with one attached hydrogen (secondary N) is 1. The Labute approximate surface area is 113 Å². The van der Waals surface area contributed by atoms with Crippen molar-refractivity contribution < 1.29 is 9.72 Å². The molecule has 1 N–H and O–H groups in total. The largest absolute Gasteiger partial charge is 0.288 e. The Morgan fingerprint density at radius 3 is 2.70 bits per heavy atom. The molecule has 0 aliphatic carbocycles. The van der Waals surface area contributed by atoms with Crippen LogP contribution in [0, 0.1) is 10.1 Å². The molecular weight excluding hydrogens is 264 g/mol. The molecule has 1 amide bonds. The second-order valence-electron chi connectivity index (χ2n) is 3.97. The van der Waals surface area contributed by atoms with E-state index in [1.54, 1.807) is 0 Å². The van der Waals surface area contributed by atoms with Gasteiger partial charge < -0.3 is 0 Å². The molecule has 2 rings (SSSR count). The molecule has 0 saturated carbocycles. The van der Waals surface area contributed by atoms with E-state index >= 15 is 0 Å². The maximum absolute atomic E-state index is 11.9. The third-order valence-corrected chi connectivity index (χ3v) is 2.44. The third-order valence-electron chi connectivity index (χ3n) is 2.44. The van der Waals surface area contributed by atoms with Gasteiger partial charge in [-0.25, -0.2) is 0 Å². The van der Waals surface area contributed by atoms with E-state index in [-0.39, 0.29) is 17.2 Å². The van der Waals surface area contributed by atoms with Gasteiger partial charge in [0.05, 0.1) is 11.5 Å². The highest BCUT2D eigenvalue weighted by molar-refractivity contribution is 6.03. The number of amides is 1. The normalized spacial score (nSPS) is 10.2. The van der Waals surface area contributed by atoms with Crippen molar-refractivity contribution in [1.82, 2.24) is 20.2 Å². The topological polar surface area (TPSA) is 116 Å². The van der Waals surface area contributed by atoms with Gasteiger partial charge in [0.2, 0.25) is 0 Å². The molecule has 9 heteroatoms. The number of hydrogen-bond acceptors (Lipinski definition) is 6. The van der Waals surface area contributed by atoms with E-state index in [4.69, 9.17) is 0 Å². The van der Waals surface area contributed by atoms with Gasteiger partial charge in [-0.3, -0.25) is 20.2 Å². The molecule has 1 aromatic carbocycles. The van der Waals surface area contributed by atoms with Crippen molar-refractivity contribution in [3.63, 3.8) is 0 Å². The van der Waals surface area contributed by atoms with E-state index in [1.165, 1.54) is 29.1 Å². The Hall–Kier alpha value is -2.84. The van der Waals surface area contributed by atoms with Crippen molar-refractivity contribution in [2.45, 2.75) is 19.9 Å². The summed E-state index contributed by atoms with van der Waals surface area (Å²) in [5, 5.41) is 24.4. The first kappa shape index (κ1) is 13.6. The van der Waals surface area contributed by atoms with Crippen molar-refractivity contribution >= 4 is 17.5 Å². The zero-order valence-electron chi connectivity index (χ0n) is 10.7. The molecule has 0 aliphatic heterocycles. The average molecular weight is 276 g/mol. The smallest absolute Gasteiger partial charge is 0.270 e. The van der Waals surface area contributed by atoms with E-state index in [0.29, 0.717) is 6.54 Å². The van der Waals surface area contributed by atoms with E-state index < -0.39 is 10.8 Å². The van der Waals surface area contributed by atoms with Gasteiger partial charge in [0, 0.05) is 17.7 Å². The van der Waals surface area contributed by atoms with Crippen LogP contribution in [0.1, 0.15) is 23.7 Å². The van der Waals surface area contributed by atoms with Crippen LogP contribution in [-0.4, -0.2) is 31.0 Å². The lowest BCUT2D eigenvalue weighted by molar-refractivity contribution is -0.384. The first-order valence-electron chi connectivity index (χ1n) is 5.93. The maximum Gasteiger partial charge on any atom is 0.270 e. The summed E-state index contributed by atoms with van der Waals surface area (Å²) in [4.78, 5) is 23.2. The molecule has 9 nitrogen and oxygen atoms in total. The van der Waals surface area contributed by atoms with Gasteiger partial charge in [-0.1, -0.05) is 12.0 Å². The number of carbonyl (C=O) groups excluding carboxylic acids is 1. The number of carbonyl (C=O) groups is 1. The number of anilines is 1. The van der Waals surface area contributed by atoms with Crippen molar-refractivity contribution in [3.05, 3.63) is 39.9 Å². The molecule has 104 valence electrons. The SMILES string of the molecule is CCCn1nnc(NC(=O)c2ccc([N+](=O)[O-])cc2)n1. The average Bonchev–Trinajstić information content (AvgIpc) is 2.86. The first-order valence-corrected chi connectivity index (χ1v) is 5.93. The number of aryl methyl sites for hydroxylation is 1. The molecule has 0 saturated heterocycles. The summed E-state index contributed by atoms with van der Waals surface area (Å²) >= 11 is 0. The highest BCUT2D eigenvalue weighted by Gasteiger charge is 2.12. The molecule has 0 bridgehead atoms. The van der Waals surface area contributed by atoms with Crippen LogP contribution < -0.4 is 5.32 Å². The van der Waals surface area contributed by atoms with Gasteiger partial charge in [-0.15, -0.1) is 5.10 Å². The zero-order chi connectivity index (χ0) is 14.5. The van der Waals surface area contributed by atoms with Crippen molar-refractivity contribution in [1.29, 1.82) is 0 Å². The first-order chi connectivity index (χ1) is 9.60. The second-order valence-corrected chi connectivity index (χ2v) is 3.97. The summed E-state index contributed by atoms with van der Waals surface area (Å²) in [6, 6.07) is 5.25. The molecule has 20 heavy (non-hydrogen) atoms. The number of non-ortho nitro benzene ring substituents is 1. The molecule has 0 fully saturated rings. The Kier molecular flexibility index (Phi) is 3.99. The fourth-order valence-electron chi connectivity index (χ4n) is 1.50. The van der Waals surface area contributed by atoms with Crippen LogP contribution in [0.3, 0.4) is 0 Å². The Bertz CT molecular complexity index is 621. The third kappa shape index (κ3) is 3.13. The summed E-state index contributed by atoms with van der Waals surface area (Å²) < 4.78 is 0. The Morgan fingerprint density at radius 1 is 1.40 bits per heavy atom. The summed E-state index contributed by atoms with van der Waals surface area (Å²) in [6.07, 6.45) is 0.853. The van der Waals surface area contributed by atoms with E-state index in [1.807, 2.05) is 6.92 Å². The molecule has 2 aromatic rings. The van der Waals surface area contributed by atoms with Gasteiger partial charge in [-0.05, 0) is 23.8 Å². The fraction of sp³-hybridized carbons (Fsp3) is 0.273. The standard InChI is InChI=1S/C11H12N6O3/c1-2-7-16-14-11(13-15-16)12-10(18)8-3-5-9(6-4-8)17(19)20/h3-6H,2,7H2,1H3,(H,12,14,18). The number of nitro groups is 1. The van der Waals surface area contributed by atoms with Gasteiger partial charge in [0.25, 0.3) is 17.5 Å². The highest BCUT2D eigenvalue weighted by atomic mass is 16.6. The van der Waals surface area contributed by atoms with Crippen LogP contribution in [0.15, 0.2) is 24.3 Å². The van der Waals surface area contributed by atoms with E-state index in [9.17, 15) is 14.9 Å². The van der Waals surface area contributed by atoms with Crippen LogP contribution >= 0.6 is 0 Å². The number of benzene rings is 1. The number of aromatic nitrogens is 4. The Morgan fingerprint density at radius 2 is 2.10 bits per heavy atom. The predicted molar refractivity (Wildman–Crippen MR) is 69.2 cm³/mol. The quantitative estimate of drug-likeness (QED) is 0.648. The number of nitrogens with zero attached hydrogens (tertiary/aromatic N) is 5. The van der Waals surface area contributed by atoms with Gasteiger partial charge in [-0.2, -0.15) is 4.80 Å². The molecule has 1 aromatic heterocycles. The lowest BCUT2D eigenvalue weighted by atomic mass is 10.2. The number of tetrazole rings is 1. The minimum atomic E-state index is -0.528. The highest BCUT2D eigenvalue weighted by Crippen LogP contribution is 2.12. The lowest BCUT2D eigenvalue weighted by Crippen LogP contribution is -2.13. The van der Waals surface area contributed by atoms with Crippen LogP contribution in [-0.2, 0) is 6.54 Å². The number of nitro benzene ring substituents is 1. The number of rotatable bonds is 5. The molecular formula is C11H12N6O3. The molecule has 1 heterocycles. The van der Waals surface area contributed by atoms with Crippen LogP contribution in [0.25, 0.3) is 0 Å². The second kappa shape index (κ2) is 5.87. The summed E-state index contributed by atoms with van der Waals surface area (Å²) in [5.41, 5.74) is 0.205. The van der Waals surface area contributed by atoms with Gasteiger partial charge in [0.1, 0.15) is 0 Å². The molecule has 0 aliphatic rings. The van der Waals surface area contributed by atoms with E-state index in [0.717, 1.165) is 6.42 Å². The van der Waals surface area contributed by atoms with Crippen molar-refractivity contribution in [3.8, 4) is 0 Å². The summed E-state index contributed by atoms with van der Waals surface area (Å²) in [5.74, 6) is -0.349. The van der Waals surface area contributed by atoms with Gasteiger partial charge in [0.15, 0.2) is 0 Å². The van der Waals surface area contributed by atoms with Crippen molar-refractivity contribution in [2.75, 3.05) is 5.32 Å². The molecule has 0 unspecified atom stereocenters. The maximum atomic E-state index is 11.9. The number of hydrogen-bond donors (Lipinski definition) is 1. The minimum Gasteiger partial charge on any atom is -0.288 e. The fourth-order valence-corrected chi connectivity index (χ4v) is 1.50. The minimum absolute atomic E-state index is 0.0754. The lowest BCUT2D eigenvalue weighted by Gasteiger charge is -2.00. The zero-order valence-corrected chi connectivity index (χ0v) is 10.7. The molecule has 0 atom stereocenters. The Balaban J connectivity index is 2.05. The monoisotopic (exact) mass is 276 g/mol. The summed E-state index contributed by atoms with van der Waals surface area (Å²) in [7, 11) is 0. The molecule has 0 radical (unpaired) electrons. The summed E-state index contributed by atoms with van der Waals surface area (Å²) in [6.45, 7) is 2.58.